The Kier molecular flexibility index (Phi) is 5.15. The lowest BCUT2D eigenvalue weighted by Crippen LogP contribution is -2.21. The van der Waals surface area contributed by atoms with Crippen LogP contribution in [0, 0.1) is 11.7 Å². The number of fused-ring (bicyclic) bond motifs is 1. The molecule has 0 bridgehead atoms. The Morgan fingerprint density at radius 3 is 3.00 bits per heavy atom. The topological polar surface area (TPSA) is 70.6 Å². The summed E-state index contributed by atoms with van der Waals surface area (Å²) in [6.45, 7) is 6.02. The minimum absolute atomic E-state index is 0.00527. The summed E-state index contributed by atoms with van der Waals surface area (Å²) in [6.07, 6.45) is 3.24. The first-order valence-corrected chi connectivity index (χ1v) is 7.23. The van der Waals surface area contributed by atoms with E-state index in [9.17, 15) is 9.50 Å². The monoisotopic (exact) mass is 301 g/mol. The highest BCUT2D eigenvalue weighted by Crippen LogP contribution is 2.30. The van der Waals surface area contributed by atoms with Crippen LogP contribution in [-0.2, 0) is 0 Å². The molecule has 4 N–H and O–H groups in total. The predicted molar refractivity (Wildman–Crippen MR) is 86.9 cm³/mol. The van der Waals surface area contributed by atoms with Gasteiger partial charge in [-0.1, -0.05) is 31.7 Å². The summed E-state index contributed by atoms with van der Waals surface area (Å²) in [4.78, 5) is 4.06. The smallest absolute Gasteiger partial charge is 0.149 e. The minimum atomic E-state index is -0.449. The van der Waals surface area contributed by atoms with E-state index in [4.69, 9.17) is 5.73 Å². The second-order valence-electron chi connectivity index (χ2n) is 5.15. The van der Waals surface area contributed by atoms with Crippen LogP contribution in [0.25, 0.3) is 5.70 Å². The number of nitrogens with zero attached hydrogens (tertiary/aromatic N) is 1. The fraction of sp³-hybridized carbons (Fsp3) is 0.294. The maximum atomic E-state index is 14.0. The maximum Gasteiger partial charge on any atom is 0.149 e. The molecule has 0 saturated carbocycles. The van der Waals surface area contributed by atoms with Gasteiger partial charge in [-0.25, -0.2) is 9.38 Å². The molecule has 1 aromatic rings. The van der Waals surface area contributed by atoms with Gasteiger partial charge in [0.2, 0.25) is 0 Å². The first-order chi connectivity index (χ1) is 10.6. The summed E-state index contributed by atoms with van der Waals surface area (Å²) < 4.78 is 14.0. The molecule has 116 valence electrons. The molecule has 1 aromatic carbocycles. The highest BCUT2D eigenvalue weighted by molar-refractivity contribution is 5.97. The van der Waals surface area contributed by atoms with Crippen LogP contribution < -0.4 is 11.1 Å². The van der Waals surface area contributed by atoms with Crippen molar-refractivity contribution in [3.8, 4) is 0 Å². The normalized spacial score (nSPS) is 14.5. The van der Waals surface area contributed by atoms with Crippen LogP contribution in [0.4, 0.5) is 10.1 Å². The Hall–Kier alpha value is -2.36. The van der Waals surface area contributed by atoms with Gasteiger partial charge in [0.1, 0.15) is 17.3 Å². The lowest BCUT2D eigenvalue weighted by molar-refractivity contribution is 0.236. The van der Waals surface area contributed by atoms with Gasteiger partial charge in [0.15, 0.2) is 0 Å². The van der Waals surface area contributed by atoms with Crippen molar-refractivity contribution in [1.29, 1.82) is 0 Å². The van der Waals surface area contributed by atoms with Gasteiger partial charge in [-0.3, -0.25) is 0 Å². The highest BCUT2D eigenvalue weighted by Gasteiger charge is 2.17. The van der Waals surface area contributed by atoms with Crippen molar-refractivity contribution in [2.75, 3.05) is 6.61 Å². The second-order valence-corrected chi connectivity index (χ2v) is 5.15. The molecule has 1 atom stereocenters. The summed E-state index contributed by atoms with van der Waals surface area (Å²) in [5.41, 5.74) is 10.6. The highest BCUT2D eigenvalue weighted by atomic mass is 19.1. The zero-order valence-corrected chi connectivity index (χ0v) is 12.6. The number of rotatable bonds is 6. The van der Waals surface area contributed by atoms with Gasteiger partial charge in [0.05, 0.1) is 12.3 Å². The van der Waals surface area contributed by atoms with Crippen LogP contribution in [0.15, 0.2) is 47.3 Å². The van der Waals surface area contributed by atoms with Gasteiger partial charge in [0.25, 0.3) is 0 Å². The Balaban J connectivity index is 2.36. The Morgan fingerprint density at radius 1 is 1.55 bits per heavy atom. The number of benzene rings is 1. The predicted octanol–water partition coefficient (Wildman–Crippen LogP) is 2.84. The molecule has 0 amide bonds. The van der Waals surface area contributed by atoms with E-state index in [1.54, 1.807) is 12.1 Å². The number of hydrogen-bond donors (Lipinski definition) is 3. The van der Waals surface area contributed by atoms with Crippen molar-refractivity contribution >= 4 is 17.2 Å². The third kappa shape index (κ3) is 3.45. The molecule has 1 aliphatic rings. The van der Waals surface area contributed by atoms with Crippen molar-refractivity contribution in [2.24, 2.45) is 16.6 Å². The zero-order chi connectivity index (χ0) is 16.1. The van der Waals surface area contributed by atoms with Crippen molar-refractivity contribution in [1.82, 2.24) is 5.32 Å². The maximum absolute atomic E-state index is 14.0. The molecule has 0 unspecified atom stereocenters. The van der Waals surface area contributed by atoms with Crippen LogP contribution in [0.1, 0.15) is 25.3 Å². The first-order valence-electron chi connectivity index (χ1n) is 7.23. The average molecular weight is 301 g/mol. The molecular weight excluding hydrogens is 281 g/mol. The van der Waals surface area contributed by atoms with E-state index >= 15 is 0 Å². The van der Waals surface area contributed by atoms with Crippen LogP contribution in [-0.4, -0.2) is 17.5 Å². The molecule has 5 heteroatoms. The van der Waals surface area contributed by atoms with Crippen molar-refractivity contribution < 1.29 is 9.50 Å². The van der Waals surface area contributed by atoms with E-state index in [0.29, 0.717) is 17.0 Å². The number of para-hydroxylation sites is 1. The van der Waals surface area contributed by atoms with Crippen LogP contribution in [0.5, 0.6) is 0 Å². The third-order valence-electron chi connectivity index (χ3n) is 3.50. The van der Waals surface area contributed by atoms with Gasteiger partial charge >= 0.3 is 0 Å². The summed E-state index contributed by atoms with van der Waals surface area (Å²) in [5.74, 6) is -0.339. The Bertz CT molecular complexity index is 672. The number of aliphatic imine (C=N–C) groups is 1. The number of aliphatic hydroxyl groups excluding tert-OH is 1. The Morgan fingerprint density at radius 2 is 2.32 bits per heavy atom. The molecule has 1 heterocycles. The standard InChI is InChI=1S/C17H20FN3O/c1-3-5-12(10-22)11(2)20-15-8-9-16(19)21-17-13(15)6-4-7-14(17)18/h4,6-7,9,12,20,22H,2-3,5,10H2,1H3,(H2,19,21)/t12-/m0/s1. The van der Waals surface area contributed by atoms with E-state index in [1.165, 1.54) is 12.1 Å². The molecular formula is C17H20FN3O. The molecule has 0 fully saturated rings. The molecule has 0 spiro atoms. The lowest BCUT2D eigenvalue weighted by Gasteiger charge is -2.19. The van der Waals surface area contributed by atoms with E-state index in [1.807, 2.05) is 6.92 Å². The summed E-state index contributed by atoms with van der Waals surface area (Å²) in [5, 5.41) is 12.6. The van der Waals surface area contributed by atoms with Crippen molar-refractivity contribution in [3.63, 3.8) is 0 Å². The van der Waals surface area contributed by atoms with Crippen molar-refractivity contribution in [2.45, 2.75) is 19.8 Å². The quantitative estimate of drug-likeness (QED) is 0.708. The lowest BCUT2D eigenvalue weighted by atomic mass is 10.0. The Labute approximate surface area is 129 Å². The largest absolute Gasteiger partial charge is 0.396 e. The number of aliphatic hydroxyl groups is 1. The molecule has 0 aromatic heterocycles. The van der Waals surface area contributed by atoms with Gasteiger partial charge in [-0.05, 0) is 18.6 Å². The van der Waals surface area contributed by atoms with E-state index in [2.05, 4.69) is 22.6 Å². The summed E-state index contributed by atoms with van der Waals surface area (Å²) >= 11 is 0. The number of nitrogens with one attached hydrogen (secondary N) is 1. The molecule has 4 nitrogen and oxygen atoms in total. The number of nitrogens with two attached hydrogens (primary N) is 1. The molecule has 2 rings (SSSR count). The molecule has 0 radical (unpaired) electrons. The van der Waals surface area contributed by atoms with Gasteiger partial charge in [-0.2, -0.15) is 0 Å². The first kappa shape index (κ1) is 16.0. The van der Waals surface area contributed by atoms with Crippen molar-refractivity contribution in [3.05, 3.63) is 53.7 Å². The molecule has 1 aliphatic heterocycles. The van der Waals surface area contributed by atoms with E-state index in [-0.39, 0.29) is 24.0 Å². The number of halogens is 1. The number of hydrogen-bond acceptors (Lipinski definition) is 4. The molecule has 0 aliphatic carbocycles. The SMILES string of the molecule is C=C(NC1=C=CC(N)=Nc2c(F)cccc21)[C@H](CO)CCC. The average Bonchev–Trinajstić information content (AvgIpc) is 2.65. The minimum Gasteiger partial charge on any atom is -0.396 e. The fourth-order valence-corrected chi connectivity index (χ4v) is 2.31. The molecule has 22 heavy (non-hydrogen) atoms. The molecule has 0 saturated heterocycles. The second kappa shape index (κ2) is 7.07. The van der Waals surface area contributed by atoms with E-state index < -0.39 is 5.82 Å². The fourth-order valence-electron chi connectivity index (χ4n) is 2.31. The van der Waals surface area contributed by atoms with Gasteiger partial charge in [-0.15, -0.1) is 0 Å². The van der Waals surface area contributed by atoms with Gasteiger partial charge in [0, 0.05) is 23.3 Å². The van der Waals surface area contributed by atoms with Gasteiger partial charge < -0.3 is 16.2 Å². The van der Waals surface area contributed by atoms with Crippen LogP contribution >= 0.6 is 0 Å². The summed E-state index contributed by atoms with van der Waals surface area (Å²) in [6, 6.07) is 4.68. The third-order valence-corrected chi connectivity index (χ3v) is 3.50. The number of amidine groups is 1. The van der Waals surface area contributed by atoms with Crippen LogP contribution in [0.2, 0.25) is 0 Å². The van der Waals surface area contributed by atoms with Crippen LogP contribution in [0.3, 0.4) is 0 Å². The summed E-state index contributed by atoms with van der Waals surface area (Å²) in [7, 11) is 0. The zero-order valence-electron chi connectivity index (χ0n) is 12.6. The van der Waals surface area contributed by atoms with E-state index in [0.717, 1.165) is 12.8 Å².